The van der Waals surface area contributed by atoms with Crippen molar-refractivity contribution in [3.8, 4) is 5.75 Å². The number of piperidine rings is 1. The molecule has 0 radical (unpaired) electrons. The third-order valence-electron chi connectivity index (χ3n) is 5.75. The van der Waals surface area contributed by atoms with Crippen LogP contribution in [0.25, 0.3) is 0 Å². The predicted molar refractivity (Wildman–Crippen MR) is 114 cm³/mol. The lowest BCUT2D eigenvalue weighted by Gasteiger charge is -2.37. The van der Waals surface area contributed by atoms with Gasteiger partial charge in [0.05, 0.1) is 12.2 Å². The van der Waals surface area contributed by atoms with Gasteiger partial charge >= 0.3 is 0 Å². The van der Waals surface area contributed by atoms with Crippen LogP contribution in [0.15, 0.2) is 48.5 Å². The van der Waals surface area contributed by atoms with Crippen molar-refractivity contribution in [1.82, 2.24) is 4.90 Å². The largest absolute Gasteiger partial charge is 0.476 e. The molecule has 0 saturated carbocycles. The van der Waals surface area contributed by atoms with E-state index in [1.54, 1.807) is 29.2 Å². The number of halogens is 1. The lowest BCUT2D eigenvalue weighted by molar-refractivity contribution is -0.139. The Morgan fingerprint density at radius 3 is 2.39 bits per heavy atom. The molecule has 2 aromatic rings. The molecule has 0 aliphatic carbocycles. The maximum Gasteiger partial charge on any atom is 0.265 e. The lowest BCUT2D eigenvalue weighted by atomic mass is 10.1. The zero-order chi connectivity index (χ0) is 21.8. The monoisotopic (exact) mass is 424 g/mol. The maximum absolute atomic E-state index is 13.1. The average Bonchev–Trinajstić information content (AvgIpc) is 2.82. The molecule has 0 unspecified atom stereocenters. The second-order valence-electron chi connectivity index (χ2n) is 7.89. The zero-order valence-electron chi connectivity index (χ0n) is 17.3. The quantitative estimate of drug-likeness (QED) is 0.688. The van der Waals surface area contributed by atoms with Crippen molar-refractivity contribution in [3.63, 3.8) is 0 Å². The molecule has 31 heavy (non-hydrogen) atoms. The highest BCUT2D eigenvalue weighted by molar-refractivity contribution is 6.02. The van der Waals surface area contributed by atoms with Crippen LogP contribution in [0.3, 0.4) is 0 Å². The number of benzene rings is 2. The van der Waals surface area contributed by atoms with E-state index in [1.807, 2.05) is 4.90 Å². The number of amides is 2. The molecule has 1 fully saturated rings. The molecule has 1 saturated heterocycles. The van der Waals surface area contributed by atoms with Gasteiger partial charge < -0.3 is 14.5 Å². The number of anilines is 1. The molecule has 2 aliphatic rings. The molecular formula is C24H25FN2O4. The molecule has 0 N–H and O–H groups in total. The van der Waals surface area contributed by atoms with E-state index in [0.717, 1.165) is 19.3 Å². The van der Waals surface area contributed by atoms with Gasteiger partial charge in [0.25, 0.3) is 5.91 Å². The van der Waals surface area contributed by atoms with E-state index in [1.165, 1.54) is 24.3 Å². The number of nitrogens with zero attached hydrogens (tertiary/aromatic N) is 2. The smallest absolute Gasteiger partial charge is 0.265 e. The van der Waals surface area contributed by atoms with Crippen molar-refractivity contribution < 1.29 is 23.5 Å². The summed E-state index contributed by atoms with van der Waals surface area (Å²) in [7, 11) is 0. The summed E-state index contributed by atoms with van der Waals surface area (Å²) in [6.45, 7) is 1.54. The van der Waals surface area contributed by atoms with Crippen molar-refractivity contribution in [2.75, 3.05) is 24.5 Å². The van der Waals surface area contributed by atoms with Gasteiger partial charge in [-0.1, -0.05) is 12.1 Å². The van der Waals surface area contributed by atoms with Gasteiger partial charge in [0, 0.05) is 31.5 Å². The first-order valence-electron chi connectivity index (χ1n) is 10.7. The van der Waals surface area contributed by atoms with Crippen LogP contribution in [-0.2, 0) is 9.59 Å². The Hall–Kier alpha value is -3.22. The number of fused-ring (bicyclic) bond motifs is 1. The zero-order valence-corrected chi connectivity index (χ0v) is 17.3. The summed E-state index contributed by atoms with van der Waals surface area (Å²) in [5, 5.41) is 0. The van der Waals surface area contributed by atoms with Crippen LogP contribution in [-0.4, -0.2) is 48.2 Å². The SMILES string of the molecule is O=C(CCC(=O)N1C[C@@H](C(=O)N2CCCCC2)Oc2ccccc21)c1ccc(F)cc1. The van der Waals surface area contributed by atoms with E-state index in [-0.39, 0.29) is 37.0 Å². The van der Waals surface area contributed by atoms with Crippen molar-refractivity contribution in [3.05, 3.63) is 59.9 Å². The Morgan fingerprint density at radius 2 is 1.65 bits per heavy atom. The van der Waals surface area contributed by atoms with Gasteiger partial charge in [-0.3, -0.25) is 14.4 Å². The number of carbonyl (C=O) groups excluding carboxylic acids is 3. The Kier molecular flexibility index (Phi) is 6.30. The van der Waals surface area contributed by atoms with Crippen LogP contribution >= 0.6 is 0 Å². The summed E-state index contributed by atoms with van der Waals surface area (Å²) >= 11 is 0. The molecule has 2 amide bonds. The molecular weight excluding hydrogens is 399 g/mol. The van der Waals surface area contributed by atoms with Crippen molar-refractivity contribution >= 4 is 23.3 Å². The summed E-state index contributed by atoms with van der Waals surface area (Å²) in [5.74, 6) is -0.503. The number of ether oxygens (including phenoxy) is 1. The molecule has 2 aliphatic heterocycles. The van der Waals surface area contributed by atoms with E-state index in [9.17, 15) is 18.8 Å². The standard InChI is InChI=1S/C24H25FN2O4/c25-18-10-8-17(9-11-18)20(28)12-13-23(29)27-16-22(24(30)26-14-4-1-5-15-26)31-21-7-3-2-6-19(21)27/h2-3,6-11,22H,1,4-5,12-16H2/t22-/m0/s1. The second kappa shape index (κ2) is 9.29. The average molecular weight is 424 g/mol. The van der Waals surface area contributed by atoms with Gasteiger partial charge in [-0.2, -0.15) is 0 Å². The molecule has 0 bridgehead atoms. The Balaban J connectivity index is 1.46. The first-order valence-corrected chi connectivity index (χ1v) is 10.7. The summed E-state index contributed by atoms with van der Waals surface area (Å²) in [4.78, 5) is 41.8. The second-order valence-corrected chi connectivity index (χ2v) is 7.89. The van der Waals surface area contributed by atoms with Crippen molar-refractivity contribution in [2.45, 2.75) is 38.2 Å². The molecule has 0 aromatic heterocycles. The topological polar surface area (TPSA) is 66.9 Å². The number of hydrogen-bond donors (Lipinski definition) is 0. The number of hydrogen-bond acceptors (Lipinski definition) is 4. The molecule has 2 heterocycles. The van der Waals surface area contributed by atoms with Crippen LogP contribution < -0.4 is 9.64 Å². The summed E-state index contributed by atoms with van der Waals surface area (Å²) in [6, 6.07) is 12.4. The van der Waals surface area contributed by atoms with Gasteiger partial charge in [0.1, 0.15) is 11.6 Å². The summed E-state index contributed by atoms with van der Waals surface area (Å²) in [6.07, 6.45) is 2.31. The third kappa shape index (κ3) is 4.76. The van der Waals surface area contributed by atoms with Crippen LogP contribution in [0.1, 0.15) is 42.5 Å². The van der Waals surface area contributed by atoms with E-state index < -0.39 is 11.9 Å². The van der Waals surface area contributed by atoms with Gasteiger partial charge in [0.15, 0.2) is 11.9 Å². The number of ketones is 1. The Morgan fingerprint density at radius 1 is 0.935 bits per heavy atom. The van der Waals surface area contributed by atoms with Gasteiger partial charge in [-0.25, -0.2) is 4.39 Å². The van der Waals surface area contributed by atoms with Crippen LogP contribution in [0.5, 0.6) is 5.75 Å². The third-order valence-corrected chi connectivity index (χ3v) is 5.75. The van der Waals surface area contributed by atoms with Gasteiger partial charge in [0.2, 0.25) is 5.91 Å². The first-order chi connectivity index (χ1) is 15.0. The van der Waals surface area contributed by atoms with E-state index in [4.69, 9.17) is 4.74 Å². The molecule has 4 rings (SSSR count). The molecule has 6 nitrogen and oxygen atoms in total. The lowest BCUT2D eigenvalue weighted by Crippen LogP contribution is -2.52. The molecule has 1 atom stereocenters. The predicted octanol–water partition coefficient (Wildman–Crippen LogP) is 3.60. The fourth-order valence-corrected chi connectivity index (χ4v) is 4.05. The maximum atomic E-state index is 13.1. The molecule has 7 heteroatoms. The summed E-state index contributed by atoms with van der Waals surface area (Å²) in [5.41, 5.74) is 0.971. The van der Waals surface area contributed by atoms with Crippen LogP contribution in [0, 0.1) is 5.82 Å². The van der Waals surface area contributed by atoms with E-state index >= 15 is 0 Å². The molecule has 0 spiro atoms. The Bertz CT molecular complexity index is 970. The van der Waals surface area contributed by atoms with Crippen LogP contribution in [0.4, 0.5) is 10.1 Å². The highest BCUT2D eigenvalue weighted by atomic mass is 19.1. The highest BCUT2D eigenvalue weighted by Crippen LogP contribution is 2.34. The number of carbonyl (C=O) groups is 3. The van der Waals surface area contributed by atoms with Crippen LogP contribution in [0.2, 0.25) is 0 Å². The number of Topliss-reactive ketones (excluding diaryl/α,β-unsaturated/α-hetero) is 1. The fraction of sp³-hybridized carbons (Fsp3) is 0.375. The van der Waals surface area contributed by atoms with E-state index in [2.05, 4.69) is 0 Å². The minimum atomic E-state index is -0.759. The first kappa shape index (κ1) is 21.0. The minimum absolute atomic E-state index is 0.00479. The molecule has 162 valence electrons. The molecule has 2 aromatic carbocycles. The Labute approximate surface area is 180 Å². The van der Waals surface area contributed by atoms with Crippen molar-refractivity contribution in [1.29, 1.82) is 0 Å². The minimum Gasteiger partial charge on any atom is -0.476 e. The summed E-state index contributed by atoms with van der Waals surface area (Å²) < 4.78 is 19.0. The van der Waals surface area contributed by atoms with Gasteiger partial charge in [-0.05, 0) is 55.7 Å². The van der Waals surface area contributed by atoms with E-state index in [0.29, 0.717) is 30.1 Å². The normalized spacial score (nSPS) is 18.2. The number of likely N-dealkylation sites (tertiary alicyclic amines) is 1. The van der Waals surface area contributed by atoms with Gasteiger partial charge in [-0.15, -0.1) is 0 Å². The highest BCUT2D eigenvalue weighted by Gasteiger charge is 2.36. The number of rotatable bonds is 5. The number of para-hydroxylation sites is 2. The fourth-order valence-electron chi connectivity index (χ4n) is 4.05. The van der Waals surface area contributed by atoms with Crippen molar-refractivity contribution in [2.24, 2.45) is 0 Å².